The van der Waals surface area contributed by atoms with Crippen LogP contribution in [0.4, 0.5) is 5.69 Å². The maximum atomic E-state index is 4.74. The van der Waals surface area contributed by atoms with E-state index >= 15 is 0 Å². The molecule has 3 aliphatic rings. The molecule has 2 saturated carbocycles. The van der Waals surface area contributed by atoms with E-state index in [2.05, 4.69) is 33.8 Å². The zero-order chi connectivity index (χ0) is 18.6. The van der Waals surface area contributed by atoms with Crippen LogP contribution in [0.25, 0.3) is 0 Å². The Morgan fingerprint density at radius 3 is 2.78 bits per heavy atom. The highest BCUT2D eigenvalue weighted by Crippen LogP contribution is 2.44. The van der Waals surface area contributed by atoms with Crippen molar-refractivity contribution in [3.05, 3.63) is 12.4 Å². The van der Waals surface area contributed by atoms with Gasteiger partial charge in [-0.2, -0.15) is 5.10 Å². The van der Waals surface area contributed by atoms with E-state index in [1.165, 1.54) is 57.1 Å². The molecule has 1 aromatic heterocycles. The molecule has 6 heteroatoms. The predicted molar refractivity (Wildman–Crippen MR) is 111 cm³/mol. The van der Waals surface area contributed by atoms with Gasteiger partial charge in [0.2, 0.25) is 0 Å². The average molecular weight is 373 g/mol. The first-order valence-electron chi connectivity index (χ1n) is 11.0. The molecule has 27 heavy (non-hydrogen) atoms. The standard InChI is InChI=1S/C21H36N6/c1-3-22-21(25-20-12-19(20)16-8-5-4-6-9-16)24-17-10-7-11-27(14-17)18-13-23-26(2)15-18/h13,15-17,19-20H,3-12,14H2,1-2H3,(H2,22,24,25). The number of piperidine rings is 1. The van der Waals surface area contributed by atoms with Crippen LogP contribution < -0.4 is 15.5 Å². The highest BCUT2D eigenvalue weighted by Gasteiger charge is 2.43. The molecule has 1 aliphatic heterocycles. The van der Waals surface area contributed by atoms with E-state index in [1.807, 2.05) is 17.9 Å². The number of hydrogen-bond acceptors (Lipinski definition) is 3. The van der Waals surface area contributed by atoms with Gasteiger partial charge in [-0.05, 0) is 38.0 Å². The van der Waals surface area contributed by atoms with Gasteiger partial charge in [-0.3, -0.25) is 9.67 Å². The van der Waals surface area contributed by atoms with Crippen molar-refractivity contribution in [1.29, 1.82) is 0 Å². The summed E-state index contributed by atoms with van der Waals surface area (Å²) in [7, 11) is 1.98. The number of aromatic nitrogens is 2. The minimum absolute atomic E-state index is 0.448. The van der Waals surface area contributed by atoms with Crippen molar-refractivity contribution >= 4 is 11.6 Å². The minimum atomic E-state index is 0.448. The van der Waals surface area contributed by atoms with Gasteiger partial charge in [-0.1, -0.05) is 32.1 Å². The molecule has 0 aromatic carbocycles. The maximum absolute atomic E-state index is 4.74. The summed E-state index contributed by atoms with van der Waals surface area (Å²) in [6.07, 6.45) is 15.0. The van der Waals surface area contributed by atoms with Gasteiger partial charge in [0, 0.05) is 45.0 Å². The summed E-state index contributed by atoms with van der Waals surface area (Å²) in [6.45, 7) is 5.09. The molecule has 3 unspecified atom stereocenters. The van der Waals surface area contributed by atoms with Gasteiger partial charge in [0.05, 0.1) is 11.9 Å². The molecule has 0 radical (unpaired) electrons. The number of nitrogens with zero attached hydrogens (tertiary/aromatic N) is 4. The Morgan fingerprint density at radius 2 is 2.04 bits per heavy atom. The van der Waals surface area contributed by atoms with E-state index in [0.29, 0.717) is 12.1 Å². The van der Waals surface area contributed by atoms with Gasteiger partial charge in [-0.25, -0.2) is 0 Å². The highest BCUT2D eigenvalue weighted by atomic mass is 15.3. The lowest BCUT2D eigenvalue weighted by Gasteiger charge is -2.34. The molecule has 0 spiro atoms. The van der Waals surface area contributed by atoms with Gasteiger partial charge in [0.25, 0.3) is 0 Å². The lowest BCUT2D eigenvalue weighted by Crippen LogP contribution is -2.52. The number of anilines is 1. The normalized spacial score (nSPS) is 29.6. The molecule has 2 N–H and O–H groups in total. The summed E-state index contributed by atoms with van der Waals surface area (Å²) >= 11 is 0. The van der Waals surface area contributed by atoms with E-state index in [-0.39, 0.29) is 0 Å². The van der Waals surface area contributed by atoms with E-state index in [0.717, 1.165) is 37.4 Å². The highest BCUT2D eigenvalue weighted by molar-refractivity contribution is 5.81. The minimum Gasteiger partial charge on any atom is -0.367 e. The maximum Gasteiger partial charge on any atom is 0.191 e. The van der Waals surface area contributed by atoms with Crippen molar-refractivity contribution in [2.45, 2.75) is 70.4 Å². The smallest absolute Gasteiger partial charge is 0.191 e. The van der Waals surface area contributed by atoms with Crippen LogP contribution in [0.3, 0.4) is 0 Å². The summed E-state index contributed by atoms with van der Waals surface area (Å²) in [5.41, 5.74) is 1.23. The number of guanidine groups is 1. The summed E-state index contributed by atoms with van der Waals surface area (Å²) in [4.78, 5) is 7.18. The molecule has 3 fully saturated rings. The van der Waals surface area contributed by atoms with E-state index in [9.17, 15) is 0 Å². The fraction of sp³-hybridized carbons (Fsp3) is 0.810. The van der Waals surface area contributed by atoms with E-state index in [1.54, 1.807) is 0 Å². The van der Waals surface area contributed by atoms with Crippen LogP contribution in [0.1, 0.15) is 58.3 Å². The molecule has 1 saturated heterocycles. The summed E-state index contributed by atoms with van der Waals surface area (Å²) in [5, 5.41) is 11.8. The number of aliphatic imine (C=N–C) groups is 1. The number of nitrogens with one attached hydrogen (secondary N) is 2. The van der Waals surface area contributed by atoms with Gasteiger partial charge in [-0.15, -0.1) is 0 Å². The Kier molecular flexibility index (Phi) is 5.89. The quantitative estimate of drug-likeness (QED) is 0.616. The van der Waals surface area contributed by atoms with Crippen molar-refractivity contribution in [1.82, 2.24) is 20.4 Å². The van der Waals surface area contributed by atoms with Crippen molar-refractivity contribution in [2.24, 2.45) is 23.9 Å². The van der Waals surface area contributed by atoms with Gasteiger partial charge < -0.3 is 15.5 Å². The number of hydrogen-bond donors (Lipinski definition) is 2. The Labute approximate surface area is 163 Å². The number of rotatable bonds is 5. The molecule has 0 bridgehead atoms. The van der Waals surface area contributed by atoms with Gasteiger partial charge in [0.1, 0.15) is 0 Å². The van der Waals surface area contributed by atoms with Crippen LogP contribution in [0.5, 0.6) is 0 Å². The lowest BCUT2D eigenvalue weighted by atomic mass is 9.85. The molecular formula is C21H36N6. The molecule has 3 atom stereocenters. The molecule has 1 aromatic rings. The third-order valence-corrected chi connectivity index (χ3v) is 6.55. The zero-order valence-electron chi connectivity index (χ0n) is 17.0. The van der Waals surface area contributed by atoms with Crippen LogP contribution in [-0.2, 0) is 7.05 Å². The molecule has 4 rings (SSSR count). The molecule has 6 nitrogen and oxygen atoms in total. The predicted octanol–water partition coefficient (Wildman–Crippen LogP) is 2.91. The molecule has 0 amide bonds. The Balaban J connectivity index is 1.30. The first-order chi connectivity index (χ1) is 13.2. The van der Waals surface area contributed by atoms with Gasteiger partial charge >= 0.3 is 0 Å². The second-order valence-electron chi connectivity index (χ2n) is 8.67. The Hall–Kier alpha value is -1.72. The third kappa shape index (κ3) is 4.77. The first kappa shape index (κ1) is 18.6. The summed E-state index contributed by atoms with van der Waals surface area (Å²) < 4.78 is 1.89. The van der Waals surface area contributed by atoms with Crippen molar-refractivity contribution < 1.29 is 0 Å². The fourth-order valence-corrected chi connectivity index (χ4v) is 5.03. The molecule has 2 heterocycles. The van der Waals surface area contributed by atoms with E-state index in [4.69, 9.17) is 4.99 Å². The summed E-state index contributed by atoms with van der Waals surface area (Å²) in [6, 6.07) is 1.09. The largest absolute Gasteiger partial charge is 0.367 e. The molecular weight excluding hydrogens is 336 g/mol. The van der Waals surface area contributed by atoms with Gasteiger partial charge in [0.15, 0.2) is 5.96 Å². The van der Waals surface area contributed by atoms with E-state index < -0.39 is 0 Å². The van der Waals surface area contributed by atoms with Crippen LogP contribution >= 0.6 is 0 Å². The van der Waals surface area contributed by atoms with Crippen LogP contribution in [-0.4, -0.2) is 47.5 Å². The number of aryl methyl sites for hydroxylation is 1. The molecule has 2 aliphatic carbocycles. The topological polar surface area (TPSA) is 57.5 Å². The Bertz CT molecular complexity index is 632. The zero-order valence-corrected chi connectivity index (χ0v) is 17.0. The summed E-state index contributed by atoms with van der Waals surface area (Å²) in [5.74, 6) is 2.86. The van der Waals surface area contributed by atoms with Crippen LogP contribution in [0, 0.1) is 11.8 Å². The van der Waals surface area contributed by atoms with Crippen molar-refractivity contribution in [3.63, 3.8) is 0 Å². The van der Waals surface area contributed by atoms with Crippen LogP contribution in [0.15, 0.2) is 17.4 Å². The Morgan fingerprint density at radius 1 is 1.19 bits per heavy atom. The lowest BCUT2D eigenvalue weighted by molar-refractivity contribution is 0.315. The second kappa shape index (κ2) is 8.53. The third-order valence-electron chi connectivity index (χ3n) is 6.55. The monoisotopic (exact) mass is 372 g/mol. The van der Waals surface area contributed by atoms with Crippen molar-refractivity contribution in [2.75, 3.05) is 24.5 Å². The average Bonchev–Trinajstić information content (AvgIpc) is 3.32. The van der Waals surface area contributed by atoms with Crippen molar-refractivity contribution in [3.8, 4) is 0 Å². The first-order valence-corrected chi connectivity index (χ1v) is 11.0. The second-order valence-corrected chi connectivity index (χ2v) is 8.67. The SMILES string of the molecule is CCN=C(NC1CCCN(c2cnn(C)c2)C1)NC1CC1C1CCCCC1. The molecule has 150 valence electrons. The fourth-order valence-electron chi connectivity index (χ4n) is 5.03. The van der Waals surface area contributed by atoms with Crippen LogP contribution in [0.2, 0.25) is 0 Å².